The zero-order valence-electron chi connectivity index (χ0n) is 15.9. The SMILES string of the molecule is CO[P@](=O)(c1ccc(N(C)C)cc1)[C@H](Nc1ccccc1)c1ccccc1. The van der Waals surface area contributed by atoms with E-state index in [0.717, 1.165) is 16.9 Å². The molecule has 0 radical (unpaired) electrons. The zero-order valence-corrected chi connectivity index (χ0v) is 16.8. The fourth-order valence-corrected chi connectivity index (χ4v) is 5.18. The van der Waals surface area contributed by atoms with Gasteiger partial charge in [-0.05, 0) is 42.0 Å². The van der Waals surface area contributed by atoms with Crippen LogP contribution in [0.2, 0.25) is 0 Å². The Hall–Kier alpha value is -2.55. The summed E-state index contributed by atoms with van der Waals surface area (Å²) in [5.41, 5.74) is 2.87. The van der Waals surface area contributed by atoms with E-state index in [0.29, 0.717) is 5.30 Å². The van der Waals surface area contributed by atoms with Gasteiger partial charge in [0.05, 0.1) is 0 Å². The Balaban J connectivity index is 2.05. The summed E-state index contributed by atoms with van der Waals surface area (Å²) in [4.78, 5) is 2.01. The van der Waals surface area contributed by atoms with Crippen LogP contribution in [0.4, 0.5) is 11.4 Å². The minimum absolute atomic E-state index is 0.490. The molecule has 27 heavy (non-hydrogen) atoms. The quantitative estimate of drug-likeness (QED) is 0.578. The third kappa shape index (κ3) is 4.24. The van der Waals surface area contributed by atoms with Crippen molar-refractivity contribution in [2.75, 3.05) is 31.4 Å². The third-order valence-electron chi connectivity index (χ3n) is 4.53. The molecular formula is C22H25N2O2P. The molecule has 5 heteroatoms. The van der Waals surface area contributed by atoms with E-state index in [-0.39, 0.29) is 0 Å². The lowest BCUT2D eigenvalue weighted by Gasteiger charge is -2.29. The molecule has 0 saturated carbocycles. The summed E-state index contributed by atoms with van der Waals surface area (Å²) < 4.78 is 19.8. The van der Waals surface area contributed by atoms with Gasteiger partial charge >= 0.3 is 0 Å². The van der Waals surface area contributed by atoms with Gasteiger partial charge in [0, 0.05) is 37.9 Å². The predicted molar refractivity (Wildman–Crippen MR) is 114 cm³/mol. The number of hydrogen-bond acceptors (Lipinski definition) is 4. The molecule has 0 unspecified atom stereocenters. The van der Waals surface area contributed by atoms with E-state index in [1.165, 1.54) is 7.11 Å². The van der Waals surface area contributed by atoms with E-state index in [1.54, 1.807) is 0 Å². The normalized spacial score (nSPS) is 14.2. The molecule has 0 heterocycles. The molecule has 3 rings (SSSR count). The van der Waals surface area contributed by atoms with E-state index >= 15 is 0 Å². The fourth-order valence-electron chi connectivity index (χ4n) is 3.01. The molecule has 3 aromatic carbocycles. The molecule has 0 aliphatic heterocycles. The largest absolute Gasteiger partial charge is 0.378 e. The van der Waals surface area contributed by atoms with Gasteiger partial charge in [-0.15, -0.1) is 0 Å². The van der Waals surface area contributed by atoms with Crippen molar-refractivity contribution in [1.82, 2.24) is 0 Å². The molecule has 0 aliphatic carbocycles. The van der Waals surface area contributed by atoms with E-state index in [9.17, 15) is 4.57 Å². The Kier molecular flexibility index (Phi) is 6.00. The lowest BCUT2D eigenvalue weighted by atomic mass is 10.2. The van der Waals surface area contributed by atoms with Crippen molar-refractivity contribution in [2.24, 2.45) is 0 Å². The maximum atomic E-state index is 14.1. The Morgan fingerprint density at radius 1 is 0.852 bits per heavy atom. The third-order valence-corrected chi connectivity index (χ3v) is 7.20. The van der Waals surface area contributed by atoms with E-state index in [2.05, 4.69) is 5.32 Å². The van der Waals surface area contributed by atoms with E-state index in [1.807, 2.05) is 104 Å². The van der Waals surface area contributed by atoms with Crippen molar-refractivity contribution in [3.63, 3.8) is 0 Å². The number of anilines is 2. The summed E-state index contributed by atoms with van der Waals surface area (Å²) in [6, 6.07) is 27.3. The van der Waals surface area contributed by atoms with Crippen LogP contribution in [0, 0.1) is 0 Å². The summed E-state index contributed by atoms with van der Waals surface area (Å²) in [5, 5.41) is 4.11. The summed E-state index contributed by atoms with van der Waals surface area (Å²) in [6.07, 6.45) is 0. The monoisotopic (exact) mass is 380 g/mol. The van der Waals surface area contributed by atoms with Gasteiger partial charge in [-0.1, -0.05) is 48.5 Å². The second kappa shape index (κ2) is 8.43. The molecule has 2 atom stereocenters. The van der Waals surface area contributed by atoms with Gasteiger partial charge in [0.1, 0.15) is 5.78 Å². The lowest BCUT2D eigenvalue weighted by molar-refractivity contribution is 0.396. The molecule has 4 nitrogen and oxygen atoms in total. The number of nitrogens with one attached hydrogen (secondary N) is 1. The molecule has 3 aromatic rings. The lowest BCUT2D eigenvalue weighted by Crippen LogP contribution is -2.20. The van der Waals surface area contributed by atoms with Gasteiger partial charge < -0.3 is 14.7 Å². The molecule has 0 bridgehead atoms. The Bertz CT molecular complexity index is 897. The summed E-state index contributed by atoms with van der Waals surface area (Å²) >= 11 is 0. The summed E-state index contributed by atoms with van der Waals surface area (Å²) in [7, 11) is 2.25. The molecule has 0 amide bonds. The van der Waals surface area contributed by atoms with Crippen LogP contribution in [0.1, 0.15) is 11.3 Å². The van der Waals surface area contributed by atoms with Gasteiger partial charge in [-0.3, -0.25) is 4.57 Å². The molecular weight excluding hydrogens is 355 g/mol. The minimum Gasteiger partial charge on any atom is -0.378 e. The molecule has 1 N–H and O–H groups in total. The number of benzene rings is 3. The van der Waals surface area contributed by atoms with Crippen LogP contribution >= 0.6 is 7.37 Å². The zero-order chi connectivity index (χ0) is 19.3. The van der Waals surface area contributed by atoms with Crippen LogP contribution < -0.4 is 15.5 Å². The Morgan fingerprint density at radius 3 is 1.93 bits per heavy atom. The maximum absolute atomic E-state index is 14.1. The molecule has 0 saturated heterocycles. The van der Waals surface area contributed by atoms with E-state index in [4.69, 9.17) is 4.52 Å². The van der Waals surface area contributed by atoms with E-state index < -0.39 is 13.2 Å². The highest BCUT2D eigenvalue weighted by atomic mass is 31.2. The maximum Gasteiger partial charge on any atom is 0.257 e. The molecule has 0 spiro atoms. The first-order valence-electron chi connectivity index (χ1n) is 8.84. The van der Waals surface area contributed by atoms with Crippen LogP contribution in [0.25, 0.3) is 0 Å². The second-order valence-corrected chi connectivity index (χ2v) is 9.11. The van der Waals surface area contributed by atoms with Gasteiger partial charge in [-0.25, -0.2) is 0 Å². The second-order valence-electron chi connectivity index (χ2n) is 6.51. The van der Waals surface area contributed by atoms with Crippen LogP contribution in [0.15, 0.2) is 84.9 Å². The fraction of sp³-hybridized carbons (Fsp3) is 0.182. The van der Waals surface area contributed by atoms with Crippen LogP contribution in [-0.4, -0.2) is 21.2 Å². The average molecular weight is 380 g/mol. The first-order valence-corrected chi connectivity index (χ1v) is 10.5. The first-order chi connectivity index (χ1) is 13.0. The molecule has 0 fully saturated rings. The highest BCUT2D eigenvalue weighted by molar-refractivity contribution is 7.67. The van der Waals surface area contributed by atoms with Crippen LogP contribution in [0.5, 0.6) is 0 Å². The summed E-state index contributed by atoms with van der Waals surface area (Å²) in [5.74, 6) is -0.490. The smallest absolute Gasteiger partial charge is 0.257 e. The summed E-state index contributed by atoms with van der Waals surface area (Å²) in [6.45, 7) is 0. The first kappa shape index (κ1) is 19.2. The van der Waals surface area contributed by atoms with Crippen molar-refractivity contribution in [2.45, 2.75) is 5.78 Å². The van der Waals surface area contributed by atoms with Gasteiger partial charge in [0.25, 0.3) is 7.37 Å². The van der Waals surface area contributed by atoms with Crippen LogP contribution in [0.3, 0.4) is 0 Å². The molecule has 0 aromatic heterocycles. The standard InChI is InChI=1S/C22H25N2O2P/c1-24(2)20-14-16-21(17-15-20)27(25,26-3)22(18-10-6-4-7-11-18)23-19-12-8-5-9-13-19/h4-17,22-23H,1-3H3/t22-,27+/m0/s1. The average Bonchev–Trinajstić information content (AvgIpc) is 2.73. The highest BCUT2D eigenvalue weighted by Gasteiger charge is 2.36. The predicted octanol–water partition coefficient (Wildman–Crippen LogP) is 5.11. The van der Waals surface area contributed by atoms with Crippen molar-refractivity contribution >= 4 is 24.0 Å². The number of rotatable bonds is 7. The highest BCUT2D eigenvalue weighted by Crippen LogP contribution is 2.58. The van der Waals surface area contributed by atoms with Gasteiger partial charge in [0.2, 0.25) is 0 Å². The Morgan fingerprint density at radius 2 is 1.41 bits per heavy atom. The van der Waals surface area contributed by atoms with Crippen LogP contribution in [-0.2, 0) is 9.09 Å². The van der Waals surface area contributed by atoms with Crippen molar-refractivity contribution in [1.29, 1.82) is 0 Å². The van der Waals surface area contributed by atoms with Gasteiger partial charge in [-0.2, -0.15) is 0 Å². The van der Waals surface area contributed by atoms with Crippen molar-refractivity contribution < 1.29 is 9.09 Å². The van der Waals surface area contributed by atoms with Crippen molar-refractivity contribution in [3.8, 4) is 0 Å². The number of hydrogen-bond donors (Lipinski definition) is 1. The minimum atomic E-state index is -3.23. The number of nitrogens with zero attached hydrogens (tertiary/aromatic N) is 1. The topological polar surface area (TPSA) is 41.6 Å². The molecule has 0 aliphatic rings. The molecule has 140 valence electrons. The Labute approximate surface area is 161 Å². The van der Waals surface area contributed by atoms with Crippen molar-refractivity contribution in [3.05, 3.63) is 90.5 Å². The van der Waals surface area contributed by atoms with Gasteiger partial charge in [0.15, 0.2) is 0 Å². The number of para-hydroxylation sites is 1.